The number of hydrogen-bond donors (Lipinski definition) is 0. The average molecular weight is 265 g/mol. The van der Waals surface area contributed by atoms with Crippen LogP contribution in [0.1, 0.15) is 10.4 Å². The van der Waals surface area contributed by atoms with E-state index in [2.05, 4.69) is 40.0 Å². The molecule has 0 saturated heterocycles. The smallest absolute Gasteiger partial charge is 0.0343 e. The highest BCUT2D eigenvalue weighted by molar-refractivity contribution is 9.10. The molecule has 0 N–H and O–H groups in total. The third-order valence-electron chi connectivity index (χ3n) is 2.02. The van der Waals surface area contributed by atoms with Crippen LogP contribution in [0.5, 0.6) is 0 Å². The SMILES string of the molecule is C=C(c1cccs1)c1ccccc1Br. The molecule has 0 radical (unpaired) electrons. The number of thiophene rings is 1. The van der Waals surface area contributed by atoms with Crippen LogP contribution in [0, 0.1) is 0 Å². The Hall–Kier alpha value is -0.860. The Bertz CT molecular complexity index is 443. The standard InChI is InChI=1S/C12H9BrS/c1-9(12-7-4-8-14-12)10-5-2-3-6-11(10)13/h2-8H,1H2. The van der Waals surface area contributed by atoms with E-state index in [4.69, 9.17) is 0 Å². The van der Waals surface area contributed by atoms with E-state index in [1.807, 2.05) is 24.3 Å². The minimum Gasteiger partial charge on any atom is -0.144 e. The molecule has 0 spiro atoms. The monoisotopic (exact) mass is 264 g/mol. The van der Waals surface area contributed by atoms with Gasteiger partial charge in [-0.1, -0.05) is 46.8 Å². The first-order valence-electron chi connectivity index (χ1n) is 4.27. The molecule has 1 aromatic carbocycles. The van der Waals surface area contributed by atoms with E-state index in [0.29, 0.717) is 0 Å². The van der Waals surface area contributed by atoms with E-state index in [9.17, 15) is 0 Å². The van der Waals surface area contributed by atoms with Gasteiger partial charge in [0, 0.05) is 9.35 Å². The molecule has 0 amide bonds. The van der Waals surface area contributed by atoms with E-state index in [1.165, 1.54) is 4.88 Å². The highest BCUT2D eigenvalue weighted by atomic mass is 79.9. The minimum atomic E-state index is 1.08. The van der Waals surface area contributed by atoms with Crippen LogP contribution in [0.2, 0.25) is 0 Å². The van der Waals surface area contributed by atoms with Crippen molar-refractivity contribution >= 4 is 32.8 Å². The Labute approximate surface area is 96.0 Å². The second-order valence-corrected chi connectivity index (χ2v) is 4.74. The molecule has 14 heavy (non-hydrogen) atoms. The van der Waals surface area contributed by atoms with Crippen LogP contribution in [-0.4, -0.2) is 0 Å². The van der Waals surface area contributed by atoms with Gasteiger partial charge in [0.25, 0.3) is 0 Å². The summed E-state index contributed by atoms with van der Waals surface area (Å²) in [5.74, 6) is 0. The zero-order valence-corrected chi connectivity index (χ0v) is 9.94. The lowest BCUT2D eigenvalue weighted by molar-refractivity contribution is 1.57. The third kappa shape index (κ3) is 1.81. The highest BCUT2D eigenvalue weighted by Gasteiger charge is 2.05. The molecule has 0 saturated carbocycles. The Kier molecular flexibility index (Phi) is 2.85. The Morgan fingerprint density at radius 1 is 1.14 bits per heavy atom. The van der Waals surface area contributed by atoms with Crippen LogP contribution >= 0.6 is 27.3 Å². The molecule has 0 aliphatic carbocycles. The summed E-state index contributed by atoms with van der Waals surface area (Å²) in [4.78, 5) is 1.22. The van der Waals surface area contributed by atoms with Gasteiger partial charge >= 0.3 is 0 Å². The Morgan fingerprint density at radius 3 is 2.57 bits per heavy atom. The van der Waals surface area contributed by atoms with E-state index in [1.54, 1.807) is 11.3 Å². The zero-order valence-electron chi connectivity index (χ0n) is 7.53. The molecule has 1 heterocycles. The summed E-state index contributed by atoms with van der Waals surface area (Å²) >= 11 is 5.24. The van der Waals surface area contributed by atoms with Crippen LogP contribution in [0.25, 0.3) is 5.57 Å². The van der Waals surface area contributed by atoms with Gasteiger partial charge in [0.15, 0.2) is 0 Å². The maximum absolute atomic E-state index is 4.11. The maximum Gasteiger partial charge on any atom is 0.0343 e. The first-order chi connectivity index (χ1) is 6.79. The van der Waals surface area contributed by atoms with Gasteiger partial charge in [0.1, 0.15) is 0 Å². The summed E-state index contributed by atoms with van der Waals surface area (Å²) in [6.07, 6.45) is 0. The quantitative estimate of drug-likeness (QED) is 0.746. The van der Waals surface area contributed by atoms with Gasteiger partial charge in [-0.15, -0.1) is 11.3 Å². The van der Waals surface area contributed by atoms with Crippen molar-refractivity contribution in [3.8, 4) is 0 Å². The first-order valence-corrected chi connectivity index (χ1v) is 5.94. The normalized spacial score (nSPS) is 10.1. The molecule has 0 unspecified atom stereocenters. The predicted molar refractivity (Wildman–Crippen MR) is 66.6 cm³/mol. The van der Waals surface area contributed by atoms with Gasteiger partial charge in [-0.25, -0.2) is 0 Å². The molecular formula is C12H9BrS. The molecule has 0 aliphatic rings. The van der Waals surface area contributed by atoms with Crippen molar-refractivity contribution in [1.29, 1.82) is 0 Å². The summed E-state index contributed by atoms with van der Waals surface area (Å²) in [7, 11) is 0. The van der Waals surface area contributed by atoms with Crippen LogP contribution in [0.3, 0.4) is 0 Å². The molecule has 0 atom stereocenters. The highest BCUT2D eigenvalue weighted by Crippen LogP contribution is 2.30. The van der Waals surface area contributed by atoms with Crippen molar-refractivity contribution in [2.24, 2.45) is 0 Å². The molecular weight excluding hydrogens is 256 g/mol. The Morgan fingerprint density at radius 2 is 1.93 bits per heavy atom. The van der Waals surface area contributed by atoms with Gasteiger partial charge < -0.3 is 0 Å². The lowest BCUT2D eigenvalue weighted by Gasteiger charge is -2.05. The average Bonchev–Trinajstić information content (AvgIpc) is 2.70. The van der Waals surface area contributed by atoms with Gasteiger partial charge in [0.2, 0.25) is 0 Å². The van der Waals surface area contributed by atoms with Gasteiger partial charge in [-0.05, 0) is 28.6 Å². The maximum atomic E-state index is 4.11. The zero-order chi connectivity index (χ0) is 9.97. The van der Waals surface area contributed by atoms with Crippen molar-refractivity contribution in [2.45, 2.75) is 0 Å². The van der Waals surface area contributed by atoms with E-state index >= 15 is 0 Å². The molecule has 1 aromatic heterocycles. The summed E-state index contributed by atoms with van der Waals surface area (Å²) in [6, 6.07) is 12.3. The molecule has 0 aliphatic heterocycles. The predicted octanol–water partition coefficient (Wildman–Crippen LogP) is 4.57. The minimum absolute atomic E-state index is 1.08. The van der Waals surface area contributed by atoms with E-state index in [0.717, 1.165) is 15.6 Å². The second kappa shape index (κ2) is 4.11. The fraction of sp³-hybridized carbons (Fsp3) is 0. The number of rotatable bonds is 2. The lowest BCUT2D eigenvalue weighted by Crippen LogP contribution is -1.83. The van der Waals surface area contributed by atoms with Crippen molar-refractivity contribution in [3.63, 3.8) is 0 Å². The first kappa shape index (κ1) is 9.69. The summed E-state index contributed by atoms with van der Waals surface area (Å²) in [6.45, 7) is 4.11. The fourth-order valence-corrected chi connectivity index (χ4v) is 2.53. The summed E-state index contributed by atoms with van der Waals surface area (Å²) in [5, 5.41) is 2.07. The van der Waals surface area contributed by atoms with Crippen LogP contribution in [0.4, 0.5) is 0 Å². The van der Waals surface area contributed by atoms with Gasteiger partial charge in [-0.3, -0.25) is 0 Å². The molecule has 0 nitrogen and oxygen atoms in total. The molecule has 70 valence electrons. The van der Waals surface area contributed by atoms with E-state index < -0.39 is 0 Å². The largest absolute Gasteiger partial charge is 0.144 e. The topological polar surface area (TPSA) is 0 Å². The second-order valence-electron chi connectivity index (χ2n) is 2.94. The van der Waals surface area contributed by atoms with E-state index in [-0.39, 0.29) is 0 Å². The lowest BCUT2D eigenvalue weighted by atomic mass is 10.1. The summed E-state index contributed by atoms with van der Waals surface area (Å²) in [5.41, 5.74) is 2.24. The molecule has 0 bridgehead atoms. The molecule has 2 aromatic rings. The van der Waals surface area contributed by atoms with Crippen LogP contribution < -0.4 is 0 Å². The van der Waals surface area contributed by atoms with Crippen LogP contribution in [0.15, 0.2) is 52.8 Å². The van der Waals surface area contributed by atoms with Crippen LogP contribution in [-0.2, 0) is 0 Å². The van der Waals surface area contributed by atoms with Crippen molar-refractivity contribution < 1.29 is 0 Å². The molecule has 0 fully saturated rings. The number of hydrogen-bond acceptors (Lipinski definition) is 1. The van der Waals surface area contributed by atoms with Crippen molar-refractivity contribution in [3.05, 3.63) is 63.3 Å². The number of halogens is 1. The summed E-state index contributed by atoms with van der Waals surface area (Å²) < 4.78 is 1.10. The van der Waals surface area contributed by atoms with Crippen molar-refractivity contribution in [1.82, 2.24) is 0 Å². The third-order valence-corrected chi connectivity index (χ3v) is 3.64. The molecule has 2 rings (SSSR count). The van der Waals surface area contributed by atoms with Gasteiger partial charge in [-0.2, -0.15) is 0 Å². The number of benzene rings is 1. The fourth-order valence-electron chi connectivity index (χ4n) is 1.29. The van der Waals surface area contributed by atoms with Crippen molar-refractivity contribution in [2.75, 3.05) is 0 Å². The molecule has 2 heteroatoms. The van der Waals surface area contributed by atoms with Gasteiger partial charge in [0.05, 0.1) is 0 Å². The Balaban J connectivity index is 2.42.